The Morgan fingerprint density at radius 3 is 1.16 bits per heavy atom. The minimum Gasteiger partial charge on any atom is -0.315 e. The van der Waals surface area contributed by atoms with Crippen LogP contribution in [0.1, 0.15) is 20.7 Å². The van der Waals surface area contributed by atoms with Crippen LogP contribution in [0.25, 0.3) is 0 Å². The molecule has 2 N–H and O–H groups in total. The van der Waals surface area contributed by atoms with Crippen LogP contribution >= 0.6 is 23.2 Å². The van der Waals surface area contributed by atoms with Crippen molar-refractivity contribution >= 4 is 69.1 Å². The fourth-order valence-corrected chi connectivity index (χ4v) is 3.56. The molecule has 0 saturated heterocycles. The third-order valence-corrected chi connectivity index (χ3v) is 5.41. The van der Waals surface area contributed by atoms with E-state index in [1.54, 1.807) is 0 Å². The third-order valence-electron chi connectivity index (χ3n) is 4.81. The summed E-state index contributed by atoms with van der Waals surface area (Å²) in [7, 11) is 0. The number of hydrogen-bond acceptors (Lipinski definition) is 10. The van der Waals surface area contributed by atoms with Crippen LogP contribution in [0.2, 0.25) is 10.0 Å². The summed E-state index contributed by atoms with van der Waals surface area (Å²) < 4.78 is 0. The summed E-state index contributed by atoms with van der Waals surface area (Å²) in [5.74, 6) is -1.82. The van der Waals surface area contributed by atoms with E-state index in [1.807, 2.05) is 0 Å². The molecule has 0 aliphatic heterocycles. The smallest absolute Gasteiger partial charge is 0.301 e. The van der Waals surface area contributed by atoms with Crippen LogP contribution in [-0.4, -0.2) is 31.5 Å². The van der Waals surface area contributed by atoms with E-state index in [0.29, 0.717) is 12.1 Å². The van der Waals surface area contributed by atoms with Crippen LogP contribution in [0.15, 0.2) is 48.5 Å². The zero-order chi connectivity index (χ0) is 28.3. The number of non-ortho nitro benzene ring substituents is 2. The molecular weight excluding hydrogens is 555 g/mol. The number of nitrogens with zero attached hydrogens (tertiary/aromatic N) is 4. The maximum absolute atomic E-state index is 12.6. The maximum atomic E-state index is 12.6. The van der Waals surface area contributed by atoms with Gasteiger partial charge in [0.1, 0.15) is 11.4 Å². The largest absolute Gasteiger partial charge is 0.315 e. The summed E-state index contributed by atoms with van der Waals surface area (Å²) in [6, 6.07) is 7.44. The van der Waals surface area contributed by atoms with Gasteiger partial charge in [-0.05, 0) is 24.3 Å². The molecule has 0 aliphatic rings. The Morgan fingerprint density at radius 1 is 0.579 bits per heavy atom. The van der Waals surface area contributed by atoms with Crippen LogP contribution in [0.3, 0.4) is 0 Å². The van der Waals surface area contributed by atoms with Crippen molar-refractivity contribution < 1.29 is 29.3 Å². The van der Waals surface area contributed by atoms with Gasteiger partial charge in [-0.1, -0.05) is 23.2 Å². The molecule has 18 heteroatoms. The number of hydrogen-bond donors (Lipinski definition) is 2. The van der Waals surface area contributed by atoms with E-state index in [4.69, 9.17) is 23.2 Å². The molecule has 0 saturated carbocycles. The minimum absolute atomic E-state index is 0.107. The average molecular weight is 565 g/mol. The zero-order valence-corrected chi connectivity index (χ0v) is 19.8. The molecule has 2 amide bonds. The molecule has 3 aromatic rings. The van der Waals surface area contributed by atoms with Gasteiger partial charge in [0.05, 0.1) is 41.9 Å². The number of nitro benzene ring substituents is 4. The molecule has 0 spiro atoms. The molecule has 3 aromatic carbocycles. The summed E-state index contributed by atoms with van der Waals surface area (Å²) >= 11 is 11.8. The van der Waals surface area contributed by atoms with Crippen LogP contribution < -0.4 is 10.6 Å². The van der Waals surface area contributed by atoms with E-state index in [9.17, 15) is 50.0 Å². The normalized spacial score (nSPS) is 10.4. The zero-order valence-electron chi connectivity index (χ0n) is 18.2. The second-order valence-electron chi connectivity index (χ2n) is 7.16. The van der Waals surface area contributed by atoms with Gasteiger partial charge >= 0.3 is 11.4 Å². The van der Waals surface area contributed by atoms with Gasteiger partial charge < -0.3 is 10.6 Å². The van der Waals surface area contributed by atoms with Crippen molar-refractivity contribution in [1.82, 2.24) is 0 Å². The van der Waals surface area contributed by atoms with Crippen LogP contribution in [0.5, 0.6) is 0 Å². The number of nitrogens with one attached hydrogen (secondary N) is 2. The number of carbonyl (C=O) groups is 2. The first-order valence-corrected chi connectivity index (χ1v) is 10.5. The number of nitro groups is 4. The van der Waals surface area contributed by atoms with Crippen molar-refractivity contribution in [2.24, 2.45) is 0 Å². The molecule has 16 nitrogen and oxygen atoms in total. The van der Waals surface area contributed by atoms with Gasteiger partial charge in [-0.3, -0.25) is 50.0 Å². The van der Waals surface area contributed by atoms with Crippen molar-refractivity contribution in [2.75, 3.05) is 10.6 Å². The summed E-state index contributed by atoms with van der Waals surface area (Å²) in [4.78, 5) is 66.0. The predicted molar refractivity (Wildman–Crippen MR) is 132 cm³/mol. The molecule has 0 heterocycles. The Balaban J connectivity index is 1.84. The molecule has 3 rings (SSSR count). The molecule has 0 atom stereocenters. The van der Waals surface area contributed by atoms with E-state index >= 15 is 0 Å². The molecule has 194 valence electrons. The molecule has 0 aromatic heterocycles. The number of benzene rings is 3. The van der Waals surface area contributed by atoms with Gasteiger partial charge in [0.2, 0.25) is 0 Å². The van der Waals surface area contributed by atoms with Gasteiger partial charge in [-0.2, -0.15) is 0 Å². The first-order valence-electron chi connectivity index (χ1n) is 9.77. The van der Waals surface area contributed by atoms with E-state index in [2.05, 4.69) is 10.6 Å². The highest BCUT2D eigenvalue weighted by molar-refractivity contribution is 6.35. The molecule has 0 radical (unpaired) electrons. The Kier molecular flexibility index (Phi) is 7.78. The summed E-state index contributed by atoms with van der Waals surface area (Å²) in [5, 5.41) is 48.0. The number of anilines is 2. The van der Waals surface area contributed by atoms with Crippen molar-refractivity contribution in [3.63, 3.8) is 0 Å². The van der Waals surface area contributed by atoms with E-state index in [0.717, 1.165) is 36.4 Å². The molecular formula is C20H10Cl2N6O10. The SMILES string of the molecule is O=C(Nc1c(Cl)cc([N+](=O)[O-])cc1[N+](=O)[O-])c1ccc(C(=O)Nc2c(Cl)cc([N+](=O)[O-])cc2[N+](=O)[O-])cc1. The van der Waals surface area contributed by atoms with Crippen molar-refractivity contribution in [2.45, 2.75) is 0 Å². The lowest BCUT2D eigenvalue weighted by molar-refractivity contribution is -0.393. The fourth-order valence-electron chi connectivity index (χ4n) is 3.05. The lowest BCUT2D eigenvalue weighted by atomic mass is 10.1. The topological polar surface area (TPSA) is 231 Å². The number of amides is 2. The molecule has 38 heavy (non-hydrogen) atoms. The number of halogens is 2. The van der Waals surface area contributed by atoms with Gasteiger partial charge in [-0.25, -0.2) is 0 Å². The fraction of sp³-hybridized carbons (Fsp3) is 0. The highest BCUT2D eigenvalue weighted by Crippen LogP contribution is 2.38. The first kappa shape index (κ1) is 27.4. The van der Waals surface area contributed by atoms with E-state index < -0.39 is 75.7 Å². The Morgan fingerprint density at radius 2 is 0.895 bits per heavy atom. The maximum Gasteiger partial charge on any atom is 0.301 e. The Hall–Kier alpha value is -5.22. The van der Waals surface area contributed by atoms with Crippen molar-refractivity contribution in [3.8, 4) is 0 Å². The molecule has 0 aliphatic carbocycles. The molecule has 0 bridgehead atoms. The third kappa shape index (κ3) is 5.77. The second kappa shape index (κ2) is 10.8. The second-order valence-corrected chi connectivity index (χ2v) is 7.97. The molecule has 0 unspecified atom stereocenters. The Bertz CT molecular complexity index is 1430. The predicted octanol–water partition coefficient (Wildman–Crippen LogP) is 5.13. The quantitative estimate of drug-likeness (QED) is 0.270. The molecule has 0 fully saturated rings. The first-order chi connectivity index (χ1) is 17.8. The van der Waals surface area contributed by atoms with Crippen LogP contribution in [0, 0.1) is 40.5 Å². The van der Waals surface area contributed by atoms with Gasteiger partial charge in [0.15, 0.2) is 0 Å². The van der Waals surface area contributed by atoms with E-state index in [1.165, 1.54) is 0 Å². The summed E-state index contributed by atoms with van der Waals surface area (Å²) in [5.41, 5.74) is -4.17. The van der Waals surface area contributed by atoms with Gasteiger partial charge in [0, 0.05) is 23.3 Å². The summed E-state index contributed by atoms with van der Waals surface area (Å²) in [6.45, 7) is 0. The Labute approximate surface area is 219 Å². The monoisotopic (exact) mass is 564 g/mol. The van der Waals surface area contributed by atoms with Crippen molar-refractivity contribution in [1.29, 1.82) is 0 Å². The lowest BCUT2D eigenvalue weighted by Gasteiger charge is -2.10. The van der Waals surface area contributed by atoms with Crippen LogP contribution in [0.4, 0.5) is 34.1 Å². The van der Waals surface area contributed by atoms with E-state index in [-0.39, 0.29) is 11.1 Å². The van der Waals surface area contributed by atoms with Crippen molar-refractivity contribution in [3.05, 3.63) is 110 Å². The van der Waals surface area contributed by atoms with Gasteiger partial charge in [-0.15, -0.1) is 0 Å². The number of rotatable bonds is 8. The van der Waals surface area contributed by atoms with Gasteiger partial charge in [0.25, 0.3) is 23.2 Å². The van der Waals surface area contributed by atoms with Crippen LogP contribution in [-0.2, 0) is 0 Å². The highest BCUT2D eigenvalue weighted by atomic mass is 35.5. The number of carbonyl (C=O) groups excluding carboxylic acids is 2. The lowest BCUT2D eigenvalue weighted by Crippen LogP contribution is -2.16. The highest BCUT2D eigenvalue weighted by Gasteiger charge is 2.27. The average Bonchev–Trinajstić information content (AvgIpc) is 2.85. The minimum atomic E-state index is -0.968. The summed E-state index contributed by atoms with van der Waals surface area (Å²) in [6.07, 6.45) is 0. The standard InChI is InChI=1S/C20H10Cl2N6O10/c21-13-5-11(25(31)32)7-15(27(35)36)17(13)23-19(29)9-1-2-10(4-3-9)20(30)24-18-14(22)6-12(26(33)34)8-16(18)28(37)38/h1-8H,(H,23,29)(H,24,30).